The molecule has 0 aromatic rings. The molecule has 1 heterocycles. The Kier molecular flexibility index (Phi) is 1.27. The average Bonchev–Trinajstić information content (AvgIpc) is 2.43. The molecule has 1 unspecified atom stereocenters. The van der Waals surface area contributed by atoms with Crippen molar-refractivity contribution >= 4 is 0 Å². The van der Waals surface area contributed by atoms with Gasteiger partial charge < -0.3 is 14.9 Å². The van der Waals surface area contributed by atoms with Gasteiger partial charge in [-0.15, -0.1) is 0 Å². The van der Waals surface area contributed by atoms with Crippen LogP contribution in [0.15, 0.2) is 0 Å². The first-order valence-electron chi connectivity index (χ1n) is 2.25. The highest BCUT2D eigenvalue weighted by atomic mass is 16.6. The van der Waals surface area contributed by atoms with Gasteiger partial charge in [0.25, 0.3) is 0 Å². The van der Waals surface area contributed by atoms with Gasteiger partial charge in [-0.05, 0) is 0 Å². The minimum absolute atomic E-state index is 0.0330. The van der Waals surface area contributed by atoms with Crippen LogP contribution in [0, 0.1) is 0 Å². The first kappa shape index (κ1) is 5.03. The maximum absolute atomic E-state index is 8.27. The van der Waals surface area contributed by atoms with Crippen molar-refractivity contribution in [3.63, 3.8) is 0 Å². The normalized spacial score (nSPS) is 38.6. The molecule has 1 rings (SSSR count). The Morgan fingerprint density at radius 3 is 1.71 bits per heavy atom. The third-order valence-corrected chi connectivity index (χ3v) is 1.05. The van der Waals surface area contributed by atoms with Crippen LogP contribution in [-0.2, 0) is 4.74 Å². The highest BCUT2D eigenvalue weighted by Crippen LogP contribution is 2.19. The van der Waals surface area contributed by atoms with Gasteiger partial charge in [0.15, 0.2) is 0 Å². The Labute approximate surface area is 41.5 Å². The first-order chi connectivity index (χ1) is 3.38. The Morgan fingerprint density at radius 1 is 1.14 bits per heavy atom. The van der Waals surface area contributed by atoms with Gasteiger partial charge in [-0.2, -0.15) is 0 Å². The summed E-state index contributed by atoms with van der Waals surface area (Å²) < 4.78 is 4.72. The molecule has 1 saturated heterocycles. The number of rotatable bonds is 2. The van der Waals surface area contributed by atoms with E-state index in [0.29, 0.717) is 0 Å². The Balaban J connectivity index is 2.06. The molecule has 0 spiro atoms. The number of hydrogen-bond acceptors (Lipinski definition) is 3. The molecule has 7 heavy (non-hydrogen) atoms. The smallest absolute Gasteiger partial charge is 0.110 e. The van der Waals surface area contributed by atoms with Crippen LogP contribution >= 0.6 is 0 Å². The molecular weight excluding hydrogens is 96.0 g/mol. The van der Waals surface area contributed by atoms with Crippen molar-refractivity contribution in [1.29, 1.82) is 0 Å². The molecule has 42 valence electrons. The SMILES string of the molecule is OCC1O[C@H]1CO. The van der Waals surface area contributed by atoms with E-state index < -0.39 is 0 Å². The van der Waals surface area contributed by atoms with Gasteiger partial charge in [-0.1, -0.05) is 0 Å². The van der Waals surface area contributed by atoms with Gasteiger partial charge in [0.2, 0.25) is 0 Å². The fourth-order valence-corrected chi connectivity index (χ4v) is 0.500. The molecule has 1 aliphatic heterocycles. The summed E-state index contributed by atoms with van der Waals surface area (Å²) in [7, 11) is 0. The highest BCUT2D eigenvalue weighted by molar-refractivity contribution is 4.82. The van der Waals surface area contributed by atoms with E-state index in [0.717, 1.165) is 0 Å². The van der Waals surface area contributed by atoms with Crippen molar-refractivity contribution in [2.45, 2.75) is 12.2 Å². The van der Waals surface area contributed by atoms with Gasteiger partial charge >= 0.3 is 0 Å². The minimum Gasteiger partial charge on any atom is -0.394 e. The van der Waals surface area contributed by atoms with Crippen LogP contribution < -0.4 is 0 Å². The van der Waals surface area contributed by atoms with Gasteiger partial charge in [0.05, 0.1) is 13.2 Å². The molecule has 0 amide bonds. The molecule has 0 aromatic heterocycles. The van der Waals surface area contributed by atoms with Crippen LogP contribution in [0.1, 0.15) is 0 Å². The van der Waals surface area contributed by atoms with Crippen LogP contribution in [0.4, 0.5) is 0 Å². The lowest BCUT2D eigenvalue weighted by molar-refractivity contribution is 0.227. The highest BCUT2D eigenvalue weighted by Gasteiger charge is 2.36. The maximum Gasteiger partial charge on any atom is 0.110 e. The Bertz CT molecular complexity index is 56.0. The summed E-state index contributed by atoms with van der Waals surface area (Å²) in [6.45, 7) is 0.0659. The zero-order chi connectivity index (χ0) is 5.28. The lowest BCUT2D eigenvalue weighted by atomic mass is 10.3. The topological polar surface area (TPSA) is 53.0 Å². The van der Waals surface area contributed by atoms with Gasteiger partial charge in [0.1, 0.15) is 12.2 Å². The van der Waals surface area contributed by atoms with E-state index in [-0.39, 0.29) is 25.4 Å². The summed E-state index contributed by atoms with van der Waals surface area (Å²) in [5.74, 6) is 0. The van der Waals surface area contributed by atoms with Crippen LogP contribution in [0.25, 0.3) is 0 Å². The molecule has 3 nitrogen and oxygen atoms in total. The van der Waals surface area contributed by atoms with Crippen molar-refractivity contribution in [3.05, 3.63) is 0 Å². The quantitative estimate of drug-likeness (QED) is 0.430. The molecule has 0 aliphatic carbocycles. The fraction of sp³-hybridized carbons (Fsp3) is 1.00. The maximum atomic E-state index is 8.27. The molecule has 1 aliphatic rings. The van der Waals surface area contributed by atoms with Crippen LogP contribution in [0.2, 0.25) is 0 Å². The predicted octanol–water partition coefficient (Wildman–Crippen LogP) is -1.26. The second-order valence-corrected chi connectivity index (χ2v) is 1.58. The number of aliphatic hydroxyl groups excluding tert-OH is 2. The monoisotopic (exact) mass is 104 g/mol. The first-order valence-corrected chi connectivity index (χ1v) is 2.25. The largest absolute Gasteiger partial charge is 0.394 e. The van der Waals surface area contributed by atoms with Gasteiger partial charge in [0, 0.05) is 0 Å². The minimum atomic E-state index is -0.0787. The third kappa shape index (κ3) is 0.907. The van der Waals surface area contributed by atoms with Crippen LogP contribution in [0.3, 0.4) is 0 Å². The van der Waals surface area contributed by atoms with Crippen molar-refractivity contribution in [3.8, 4) is 0 Å². The Hall–Kier alpha value is -0.120. The van der Waals surface area contributed by atoms with E-state index in [4.69, 9.17) is 14.9 Å². The number of hydrogen-bond donors (Lipinski definition) is 2. The van der Waals surface area contributed by atoms with Gasteiger partial charge in [-0.25, -0.2) is 0 Å². The van der Waals surface area contributed by atoms with Crippen molar-refractivity contribution in [2.75, 3.05) is 13.2 Å². The molecule has 2 atom stereocenters. The van der Waals surface area contributed by atoms with Crippen molar-refractivity contribution < 1.29 is 14.9 Å². The summed E-state index contributed by atoms with van der Waals surface area (Å²) in [4.78, 5) is 0. The second-order valence-electron chi connectivity index (χ2n) is 1.58. The van der Waals surface area contributed by atoms with Crippen molar-refractivity contribution in [1.82, 2.24) is 0 Å². The molecular formula is C4H8O3. The van der Waals surface area contributed by atoms with E-state index in [1.165, 1.54) is 0 Å². The number of ether oxygens (including phenoxy) is 1. The summed E-state index contributed by atoms with van der Waals surface area (Å²) >= 11 is 0. The number of aliphatic hydroxyl groups is 2. The average molecular weight is 104 g/mol. The summed E-state index contributed by atoms with van der Waals surface area (Å²) in [6.07, 6.45) is -0.157. The van der Waals surface area contributed by atoms with E-state index in [1.807, 2.05) is 0 Å². The van der Waals surface area contributed by atoms with E-state index in [2.05, 4.69) is 0 Å². The lowest BCUT2D eigenvalue weighted by Crippen LogP contribution is -2.02. The second kappa shape index (κ2) is 1.78. The summed E-state index contributed by atoms with van der Waals surface area (Å²) in [5, 5.41) is 16.5. The fourth-order valence-electron chi connectivity index (χ4n) is 0.500. The van der Waals surface area contributed by atoms with E-state index in [9.17, 15) is 0 Å². The van der Waals surface area contributed by atoms with E-state index >= 15 is 0 Å². The van der Waals surface area contributed by atoms with E-state index in [1.54, 1.807) is 0 Å². The molecule has 0 aromatic carbocycles. The molecule has 0 radical (unpaired) electrons. The molecule has 0 bridgehead atoms. The molecule has 2 N–H and O–H groups in total. The number of epoxide rings is 1. The van der Waals surface area contributed by atoms with Crippen LogP contribution in [0.5, 0.6) is 0 Å². The predicted molar refractivity (Wildman–Crippen MR) is 22.8 cm³/mol. The van der Waals surface area contributed by atoms with Crippen LogP contribution in [-0.4, -0.2) is 35.6 Å². The Morgan fingerprint density at radius 2 is 1.57 bits per heavy atom. The molecule has 1 fully saturated rings. The van der Waals surface area contributed by atoms with Crippen molar-refractivity contribution in [2.24, 2.45) is 0 Å². The standard InChI is InChI=1S/C4H8O3/c5-1-3-4(2-6)7-3/h3-6H,1-2H2/t3-,4?/m0/s1. The van der Waals surface area contributed by atoms with Gasteiger partial charge in [-0.3, -0.25) is 0 Å². The molecule has 0 saturated carbocycles. The zero-order valence-electron chi connectivity index (χ0n) is 3.87. The summed E-state index contributed by atoms with van der Waals surface area (Å²) in [6, 6.07) is 0. The summed E-state index contributed by atoms with van der Waals surface area (Å²) in [5.41, 5.74) is 0. The zero-order valence-corrected chi connectivity index (χ0v) is 3.87. The third-order valence-electron chi connectivity index (χ3n) is 1.05. The molecule has 3 heteroatoms. The lowest BCUT2D eigenvalue weighted by Gasteiger charge is -1.78.